The van der Waals surface area contributed by atoms with E-state index in [-0.39, 0.29) is 6.04 Å². The van der Waals surface area contributed by atoms with E-state index >= 15 is 0 Å². The Morgan fingerprint density at radius 2 is 2.25 bits per heavy atom. The summed E-state index contributed by atoms with van der Waals surface area (Å²) < 4.78 is 1.94. The van der Waals surface area contributed by atoms with Gasteiger partial charge in [-0.2, -0.15) is 0 Å². The Bertz CT molecular complexity index is 355. The van der Waals surface area contributed by atoms with Crippen LogP contribution >= 0.6 is 0 Å². The molecule has 1 aromatic rings. The zero-order chi connectivity index (χ0) is 11.8. The van der Waals surface area contributed by atoms with E-state index in [1.165, 1.54) is 12.8 Å². The van der Waals surface area contributed by atoms with Gasteiger partial charge in [0.15, 0.2) is 5.82 Å². The molecule has 1 aromatic heterocycles. The molecule has 1 heterocycles. The van der Waals surface area contributed by atoms with E-state index in [9.17, 15) is 0 Å². The largest absolute Gasteiger partial charge is 0.322 e. The van der Waals surface area contributed by atoms with Gasteiger partial charge in [-0.3, -0.25) is 0 Å². The predicted molar refractivity (Wildman–Crippen MR) is 61.7 cm³/mol. The zero-order valence-electron chi connectivity index (χ0n) is 10.3. The molecule has 1 aliphatic carbocycles. The molecule has 0 saturated heterocycles. The highest BCUT2D eigenvalue weighted by Crippen LogP contribution is 2.40. The second kappa shape index (κ2) is 4.13. The zero-order valence-corrected chi connectivity index (χ0v) is 10.3. The summed E-state index contributed by atoms with van der Waals surface area (Å²) in [5.74, 6) is 0.808. The van der Waals surface area contributed by atoms with Gasteiger partial charge in [0.05, 0.1) is 12.1 Å². The van der Waals surface area contributed by atoms with Crippen molar-refractivity contribution in [3.8, 4) is 0 Å². The van der Waals surface area contributed by atoms with Gasteiger partial charge in [-0.15, -0.1) is 5.10 Å². The van der Waals surface area contributed by atoms with Crippen molar-refractivity contribution in [1.29, 1.82) is 0 Å². The maximum absolute atomic E-state index is 5.87. The molecule has 5 heteroatoms. The third kappa shape index (κ3) is 2.24. The van der Waals surface area contributed by atoms with E-state index in [0.29, 0.717) is 11.5 Å². The highest BCUT2D eigenvalue weighted by Gasteiger charge is 2.31. The van der Waals surface area contributed by atoms with Crippen molar-refractivity contribution in [2.75, 3.05) is 0 Å². The first kappa shape index (κ1) is 11.5. The Labute approximate surface area is 96.4 Å². The van der Waals surface area contributed by atoms with Crippen molar-refractivity contribution in [2.24, 2.45) is 11.1 Å². The predicted octanol–water partition coefficient (Wildman–Crippen LogP) is 1.83. The van der Waals surface area contributed by atoms with E-state index < -0.39 is 0 Å². The van der Waals surface area contributed by atoms with Crippen molar-refractivity contribution in [1.82, 2.24) is 20.2 Å². The summed E-state index contributed by atoms with van der Waals surface area (Å²) in [5, 5.41) is 11.9. The average Bonchev–Trinajstić information content (AvgIpc) is 2.64. The van der Waals surface area contributed by atoms with Gasteiger partial charge in [0, 0.05) is 0 Å². The molecule has 5 nitrogen and oxygen atoms in total. The van der Waals surface area contributed by atoms with Crippen molar-refractivity contribution >= 4 is 0 Å². The van der Waals surface area contributed by atoms with Crippen LogP contribution < -0.4 is 5.73 Å². The lowest BCUT2D eigenvalue weighted by molar-refractivity contribution is 0.170. The third-order valence-corrected chi connectivity index (χ3v) is 3.45. The van der Waals surface area contributed by atoms with Crippen LogP contribution in [0, 0.1) is 5.41 Å². The number of nitrogens with two attached hydrogens (primary N) is 1. The summed E-state index contributed by atoms with van der Waals surface area (Å²) in [6.45, 7) is 6.56. The molecular formula is C11H21N5. The Morgan fingerprint density at radius 1 is 1.50 bits per heavy atom. The summed E-state index contributed by atoms with van der Waals surface area (Å²) in [6, 6.07) is 0.319. The van der Waals surface area contributed by atoms with Crippen molar-refractivity contribution in [2.45, 2.75) is 58.5 Å². The van der Waals surface area contributed by atoms with Gasteiger partial charge in [0.1, 0.15) is 0 Å². The topological polar surface area (TPSA) is 69.6 Å². The highest BCUT2D eigenvalue weighted by atomic mass is 15.6. The van der Waals surface area contributed by atoms with Crippen LogP contribution in [0.5, 0.6) is 0 Å². The van der Waals surface area contributed by atoms with Crippen molar-refractivity contribution < 1.29 is 0 Å². The second-order valence-corrected chi connectivity index (χ2v) is 5.68. The Kier molecular flexibility index (Phi) is 2.97. The molecule has 16 heavy (non-hydrogen) atoms. The molecule has 2 N–H and O–H groups in total. The highest BCUT2D eigenvalue weighted by molar-refractivity contribution is 4.93. The van der Waals surface area contributed by atoms with Crippen molar-refractivity contribution in [3.63, 3.8) is 0 Å². The lowest BCUT2D eigenvalue weighted by Crippen LogP contribution is -2.28. The standard InChI is InChI=1S/C11H21N5/c1-8(12)10-13-14-15-16(10)9-5-4-6-11(2,3)7-9/h8-9H,4-7,12H2,1-3H3. The first-order chi connectivity index (χ1) is 7.49. The maximum Gasteiger partial charge on any atom is 0.167 e. The number of tetrazole rings is 1. The van der Waals surface area contributed by atoms with Gasteiger partial charge >= 0.3 is 0 Å². The molecule has 1 aliphatic rings. The SMILES string of the molecule is CC(N)c1nnnn1C1CCCC(C)(C)C1. The molecule has 0 bridgehead atoms. The minimum atomic E-state index is -0.0972. The van der Waals surface area contributed by atoms with Gasteiger partial charge in [-0.05, 0) is 42.0 Å². The molecule has 0 spiro atoms. The van der Waals surface area contributed by atoms with Crippen LogP contribution in [0.3, 0.4) is 0 Å². The fourth-order valence-electron chi connectivity index (χ4n) is 2.63. The molecule has 2 atom stereocenters. The summed E-state index contributed by atoms with van der Waals surface area (Å²) in [4.78, 5) is 0. The van der Waals surface area contributed by atoms with Gasteiger partial charge < -0.3 is 5.73 Å². The van der Waals surface area contributed by atoms with Crippen LogP contribution in [0.4, 0.5) is 0 Å². The number of aromatic nitrogens is 4. The Hall–Kier alpha value is -0.970. The molecule has 2 unspecified atom stereocenters. The molecular weight excluding hydrogens is 202 g/mol. The molecule has 0 aliphatic heterocycles. The van der Waals surface area contributed by atoms with Crippen LogP contribution in [0.1, 0.15) is 64.4 Å². The maximum atomic E-state index is 5.87. The molecule has 90 valence electrons. The number of hydrogen-bond acceptors (Lipinski definition) is 4. The van der Waals surface area contributed by atoms with E-state index in [0.717, 1.165) is 18.7 Å². The molecule has 0 radical (unpaired) electrons. The lowest BCUT2D eigenvalue weighted by atomic mass is 9.75. The van der Waals surface area contributed by atoms with Crippen LogP contribution in [0.2, 0.25) is 0 Å². The van der Waals surface area contributed by atoms with Gasteiger partial charge in [-0.1, -0.05) is 20.3 Å². The normalized spacial score (nSPS) is 26.6. The molecule has 2 rings (SSSR count). The van der Waals surface area contributed by atoms with E-state index in [4.69, 9.17) is 5.73 Å². The minimum Gasteiger partial charge on any atom is -0.322 e. The van der Waals surface area contributed by atoms with Crippen LogP contribution in [0.15, 0.2) is 0 Å². The molecule has 0 amide bonds. The fourth-order valence-corrected chi connectivity index (χ4v) is 2.63. The monoisotopic (exact) mass is 223 g/mol. The summed E-state index contributed by atoms with van der Waals surface area (Å²) in [5.41, 5.74) is 6.26. The third-order valence-electron chi connectivity index (χ3n) is 3.45. The van der Waals surface area contributed by atoms with Gasteiger partial charge in [-0.25, -0.2) is 4.68 Å². The van der Waals surface area contributed by atoms with Crippen molar-refractivity contribution in [3.05, 3.63) is 5.82 Å². The van der Waals surface area contributed by atoms with E-state index in [1.54, 1.807) is 0 Å². The Morgan fingerprint density at radius 3 is 2.88 bits per heavy atom. The van der Waals surface area contributed by atoms with Crippen LogP contribution in [-0.4, -0.2) is 20.2 Å². The average molecular weight is 223 g/mol. The number of hydrogen-bond donors (Lipinski definition) is 1. The second-order valence-electron chi connectivity index (χ2n) is 5.68. The van der Waals surface area contributed by atoms with Gasteiger partial charge in [0.2, 0.25) is 0 Å². The number of rotatable bonds is 2. The van der Waals surface area contributed by atoms with Crippen LogP contribution in [0.25, 0.3) is 0 Å². The summed E-state index contributed by atoms with van der Waals surface area (Å²) in [7, 11) is 0. The summed E-state index contributed by atoms with van der Waals surface area (Å²) >= 11 is 0. The lowest BCUT2D eigenvalue weighted by Gasteiger charge is -2.35. The fraction of sp³-hybridized carbons (Fsp3) is 0.909. The van der Waals surface area contributed by atoms with Crippen LogP contribution in [-0.2, 0) is 0 Å². The quantitative estimate of drug-likeness (QED) is 0.830. The Balaban J connectivity index is 2.20. The minimum absolute atomic E-state index is 0.0972. The first-order valence-corrected chi connectivity index (χ1v) is 6.03. The molecule has 1 saturated carbocycles. The van der Waals surface area contributed by atoms with E-state index in [2.05, 4.69) is 29.4 Å². The molecule has 1 fully saturated rings. The number of nitrogens with zero attached hydrogens (tertiary/aromatic N) is 4. The first-order valence-electron chi connectivity index (χ1n) is 6.03. The summed E-state index contributed by atoms with van der Waals surface area (Å²) in [6.07, 6.45) is 4.83. The van der Waals surface area contributed by atoms with Gasteiger partial charge in [0.25, 0.3) is 0 Å². The smallest absolute Gasteiger partial charge is 0.167 e. The molecule has 0 aromatic carbocycles. The van der Waals surface area contributed by atoms with E-state index in [1.807, 2.05) is 11.6 Å².